The molecule has 0 saturated carbocycles. The molecule has 1 aliphatic carbocycles. The van der Waals surface area contributed by atoms with Crippen molar-refractivity contribution in [3.05, 3.63) is 80.3 Å². The highest BCUT2D eigenvalue weighted by molar-refractivity contribution is 7.11. The third kappa shape index (κ3) is 3.27. The summed E-state index contributed by atoms with van der Waals surface area (Å²) in [6.07, 6.45) is 0. The number of hydrogen-bond acceptors (Lipinski definition) is 5. The Bertz CT molecular complexity index is 1160. The van der Waals surface area contributed by atoms with E-state index in [1.807, 2.05) is 24.6 Å². The fourth-order valence-corrected chi connectivity index (χ4v) is 5.30. The fourth-order valence-electron chi connectivity index (χ4n) is 4.26. The average Bonchev–Trinajstić information content (AvgIpc) is 3.29. The van der Waals surface area contributed by atoms with Crippen LogP contribution in [0.1, 0.15) is 32.1 Å². The van der Waals surface area contributed by atoms with Crippen LogP contribution < -0.4 is 4.90 Å². The Morgan fingerprint density at radius 1 is 0.967 bits per heavy atom. The lowest BCUT2D eigenvalue weighted by Gasteiger charge is -2.34. The second kappa shape index (κ2) is 7.65. The molecule has 1 fully saturated rings. The second-order valence-corrected chi connectivity index (χ2v) is 9.16. The van der Waals surface area contributed by atoms with Gasteiger partial charge < -0.3 is 9.80 Å². The molecule has 30 heavy (non-hydrogen) atoms. The molecule has 6 heteroatoms. The van der Waals surface area contributed by atoms with Crippen LogP contribution in [-0.4, -0.2) is 48.9 Å². The molecule has 0 bridgehead atoms. The molecule has 3 aromatic rings. The Morgan fingerprint density at radius 3 is 2.37 bits per heavy atom. The molecule has 2 aliphatic rings. The zero-order valence-corrected chi connectivity index (χ0v) is 18.6. The SMILES string of the molecule is Cc1ncsc1C1=C(c2ccc(N3CCN(C)CC3)cc2)C(=O)c2cc(Cl)ccc21. The van der Waals surface area contributed by atoms with Crippen LogP contribution in [0, 0.1) is 6.92 Å². The number of nitrogens with zero attached hydrogens (tertiary/aromatic N) is 3. The highest BCUT2D eigenvalue weighted by Crippen LogP contribution is 2.45. The number of allylic oxidation sites excluding steroid dienone is 1. The molecule has 1 saturated heterocycles. The van der Waals surface area contributed by atoms with Gasteiger partial charge >= 0.3 is 0 Å². The number of thiazole rings is 1. The molecule has 2 aromatic carbocycles. The minimum atomic E-state index is 0.0302. The van der Waals surface area contributed by atoms with Crippen LogP contribution in [0.5, 0.6) is 0 Å². The first-order chi connectivity index (χ1) is 14.5. The highest BCUT2D eigenvalue weighted by Gasteiger charge is 2.33. The van der Waals surface area contributed by atoms with Gasteiger partial charge in [0, 0.05) is 53.6 Å². The molecule has 152 valence electrons. The van der Waals surface area contributed by atoms with E-state index in [0.29, 0.717) is 10.6 Å². The molecular formula is C24H22ClN3OS. The standard InChI is InChI=1S/C24H22ClN3OS/c1-15-24(30-14-26-15)22-19-8-5-17(25)13-20(19)23(29)21(22)16-3-6-18(7-4-16)28-11-9-27(2)10-12-28/h3-8,13-14H,9-12H2,1-2H3. The topological polar surface area (TPSA) is 36.4 Å². The molecule has 0 radical (unpaired) electrons. The zero-order valence-electron chi connectivity index (χ0n) is 17.0. The number of halogens is 1. The number of benzene rings is 2. The van der Waals surface area contributed by atoms with Crippen LogP contribution in [0.2, 0.25) is 5.02 Å². The predicted molar refractivity (Wildman–Crippen MR) is 125 cm³/mol. The number of carbonyl (C=O) groups is 1. The van der Waals surface area contributed by atoms with Crippen molar-refractivity contribution >= 4 is 45.6 Å². The summed E-state index contributed by atoms with van der Waals surface area (Å²) in [5.41, 5.74) is 8.24. The van der Waals surface area contributed by atoms with Gasteiger partial charge in [0.15, 0.2) is 5.78 Å². The minimum Gasteiger partial charge on any atom is -0.369 e. The molecule has 1 aliphatic heterocycles. The van der Waals surface area contributed by atoms with E-state index < -0.39 is 0 Å². The summed E-state index contributed by atoms with van der Waals surface area (Å²) in [5.74, 6) is 0.0302. The van der Waals surface area contributed by atoms with Crippen molar-refractivity contribution in [2.75, 3.05) is 38.1 Å². The lowest BCUT2D eigenvalue weighted by molar-refractivity contribution is 0.105. The maximum atomic E-state index is 13.4. The quantitative estimate of drug-likeness (QED) is 0.579. The lowest BCUT2D eigenvalue weighted by Crippen LogP contribution is -2.44. The number of rotatable bonds is 3. The van der Waals surface area contributed by atoms with Crippen LogP contribution in [0.4, 0.5) is 5.69 Å². The number of Topliss-reactive ketones (excluding diaryl/α,β-unsaturated/α-hetero) is 1. The molecule has 0 atom stereocenters. The molecular weight excluding hydrogens is 414 g/mol. The number of anilines is 1. The third-order valence-electron chi connectivity index (χ3n) is 5.97. The zero-order chi connectivity index (χ0) is 20.8. The van der Waals surface area contributed by atoms with Gasteiger partial charge in [-0.1, -0.05) is 29.8 Å². The Morgan fingerprint density at radius 2 is 1.70 bits per heavy atom. The van der Waals surface area contributed by atoms with E-state index in [4.69, 9.17) is 11.6 Å². The van der Waals surface area contributed by atoms with Crippen molar-refractivity contribution in [3.63, 3.8) is 0 Å². The Kier molecular flexibility index (Phi) is 4.97. The number of hydrogen-bond donors (Lipinski definition) is 0. The van der Waals surface area contributed by atoms with Crippen molar-refractivity contribution in [1.29, 1.82) is 0 Å². The maximum Gasteiger partial charge on any atom is 0.194 e. The predicted octanol–water partition coefficient (Wildman–Crippen LogP) is 5.01. The number of aromatic nitrogens is 1. The van der Waals surface area contributed by atoms with Gasteiger partial charge in [-0.15, -0.1) is 11.3 Å². The first-order valence-electron chi connectivity index (χ1n) is 10.1. The number of ketones is 1. The Labute approximate surface area is 185 Å². The monoisotopic (exact) mass is 435 g/mol. The van der Waals surface area contributed by atoms with Crippen LogP contribution in [-0.2, 0) is 0 Å². The third-order valence-corrected chi connectivity index (χ3v) is 7.15. The van der Waals surface area contributed by atoms with Crippen LogP contribution in [0.15, 0.2) is 48.0 Å². The number of likely N-dealkylation sites (N-methyl/N-ethyl adjacent to an activating group) is 1. The normalized spacial score (nSPS) is 17.0. The summed E-state index contributed by atoms with van der Waals surface area (Å²) in [5, 5.41) is 0.578. The van der Waals surface area contributed by atoms with E-state index in [-0.39, 0.29) is 5.78 Å². The van der Waals surface area contributed by atoms with Gasteiger partial charge in [0.25, 0.3) is 0 Å². The first-order valence-corrected chi connectivity index (χ1v) is 11.3. The van der Waals surface area contributed by atoms with Crippen molar-refractivity contribution in [2.24, 2.45) is 0 Å². The van der Waals surface area contributed by atoms with E-state index in [1.165, 1.54) is 5.69 Å². The summed E-state index contributed by atoms with van der Waals surface area (Å²) in [6, 6.07) is 14.0. The van der Waals surface area contributed by atoms with Crippen molar-refractivity contribution in [2.45, 2.75) is 6.92 Å². The number of aryl methyl sites for hydroxylation is 1. The Hall–Kier alpha value is -2.47. The summed E-state index contributed by atoms with van der Waals surface area (Å²) < 4.78 is 0. The van der Waals surface area contributed by atoms with Crippen LogP contribution in [0.3, 0.4) is 0 Å². The Balaban J connectivity index is 1.59. The van der Waals surface area contributed by atoms with Crippen molar-refractivity contribution in [3.8, 4) is 0 Å². The molecule has 0 spiro atoms. The molecule has 0 N–H and O–H groups in total. The van der Waals surface area contributed by atoms with Gasteiger partial charge in [-0.3, -0.25) is 4.79 Å². The number of fused-ring (bicyclic) bond motifs is 1. The molecule has 0 unspecified atom stereocenters. The summed E-state index contributed by atoms with van der Waals surface area (Å²) in [4.78, 5) is 23.7. The second-order valence-electron chi connectivity index (χ2n) is 7.87. The van der Waals surface area contributed by atoms with Gasteiger partial charge in [0.05, 0.1) is 16.1 Å². The van der Waals surface area contributed by atoms with E-state index >= 15 is 0 Å². The van der Waals surface area contributed by atoms with Crippen LogP contribution in [0.25, 0.3) is 11.1 Å². The van der Waals surface area contributed by atoms with Gasteiger partial charge in [0.1, 0.15) is 0 Å². The molecule has 4 nitrogen and oxygen atoms in total. The fraction of sp³-hybridized carbons (Fsp3) is 0.250. The van der Waals surface area contributed by atoms with E-state index in [9.17, 15) is 4.79 Å². The molecule has 1 aromatic heterocycles. The largest absolute Gasteiger partial charge is 0.369 e. The number of carbonyl (C=O) groups excluding carboxylic acids is 1. The lowest BCUT2D eigenvalue weighted by atomic mass is 9.97. The van der Waals surface area contributed by atoms with Gasteiger partial charge in [-0.2, -0.15) is 0 Å². The van der Waals surface area contributed by atoms with Gasteiger partial charge in [0.2, 0.25) is 0 Å². The molecule has 5 rings (SSSR count). The van der Waals surface area contributed by atoms with Crippen molar-refractivity contribution < 1.29 is 4.79 Å². The summed E-state index contributed by atoms with van der Waals surface area (Å²) in [6.45, 7) is 6.16. The summed E-state index contributed by atoms with van der Waals surface area (Å²) >= 11 is 7.79. The highest BCUT2D eigenvalue weighted by atomic mass is 35.5. The van der Waals surface area contributed by atoms with E-state index in [0.717, 1.165) is 59.0 Å². The van der Waals surface area contributed by atoms with Crippen LogP contribution >= 0.6 is 22.9 Å². The average molecular weight is 436 g/mol. The van der Waals surface area contributed by atoms with Crippen molar-refractivity contribution in [1.82, 2.24) is 9.88 Å². The molecule has 2 heterocycles. The van der Waals surface area contributed by atoms with Gasteiger partial charge in [-0.05, 0) is 49.4 Å². The van der Waals surface area contributed by atoms with E-state index in [1.54, 1.807) is 17.4 Å². The maximum absolute atomic E-state index is 13.4. The minimum absolute atomic E-state index is 0.0302. The van der Waals surface area contributed by atoms with Gasteiger partial charge in [-0.25, -0.2) is 4.98 Å². The first kappa shape index (κ1) is 19.5. The molecule has 0 amide bonds. The number of piperazine rings is 1. The van der Waals surface area contributed by atoms with E-state index in [2.05, 4.69) is 46.1 Å². The summed E-state index contributed by atoms with van der Waals surface area (Å²) in [7, 11) is 2.16. The smallest absolute Gasteiger partial charge is 0.194 e.